The fourth-order valence-electron chi connectivity index (χ4n) is 13.4. The standard InChI is InChI=1S/C64H58BN/c1-36-46-30-40(37-21-23-51-53(34-37)63(6,7)27-25-61(51,2)3)31-47(36)56-43-17-12-13-18-44(43)57-50-33-41(38-22-24-52-54(35-38)64(8,9)28-26-62(52,4)5)32-48-45-19-14-20-55(65)59(45)66(58(48)50)60(57)49(56)29-39-15-10-11-16-42(39)46/h10-24,30-35H,25-29H2,1-9H3. The van der Waals surface area contributed by atoms with Crippen LogP contribution in [0.5, 0.6) is 0 Å². The molecule has 1 nitrogen and oxygen atoms in total. The van der Waals surface area contributed by atoms with E-state index in [1.165, 1.54) is 152 Å². The first kappa shape index (κ1) is 40.2. The van der Waals surface area contributed by atoms with E-state index < -0.39 is 0 Å². The van der Waals surface area contributed by atoms with E-state index in [-0.39, 0.29) is 21.7 Å². The predicted molar refractivity (Wildman–Crippen MR) is 284 cm³/mol. The number of fused-ring (bicyclic) bond motifs is 18. The molecular weight excluding hydrogens is 794 g/mol. The van der Waals surface area contributed by atoms with Gasteiger partial charge in [0.1, 0.15) is 7.85 Å². The molecule has 0 amide bonds. The lowest BCUT2D eigenvalue weighted by atomic mass is 9.63. The van der Waals surface area contributed by atoms with Crippen molar-refractivity contribution in [3.8, 4) is 44.5 Å². The normalized spacial score (nSPS) is 17.7. The Morgan fingerprint density at radius 1 is 0.424 bits per heavy atom. The van der Waals surface area contributed by atoms with Gasteiger partial charge < -0.3 is 4.40 Å². The first-order valence-electron chi connectivity index (χ1n) is 24.5. The van der Waals surface area contributed by atoms with Gasteiger partial charge in [0.25, 0.3) is 0 Å². The van der Waals surface area contributed by atoms with Crippen molar-refractivity contribution in [3.63, 3.8) is 0 Å². The van der Waals surface area contributed by atoms with Gasteiger partial charge >= 0.3 is 0 Å². The average molecular weight is 852 g/mol. The third kappa shape index (κ3) is 5.42. The number of hydrogen-bond donors (Lipinski definition) is 0. The molecule has 3 aliphatic carbocycles. The average Bonchev–Trinajstić information content (AvgIpc) is 3.82. The van der Waals surface area contributed by atoms with Crippen LogP contribution < -0.4 is 5.46 Å². The highest BCUT2D eigenvalue weighted by Crippen LogP contribution is 2.54. The van der Waals surface area contributed by atoms with Crippen LogP contribution in [0.15, 0.2) is 127 Å². The maximum atomic E-state index is 7.20. The molecule has 322 valence electrons. The Hall–Kier alpha value is -6.12. The predicted octanol–water partition coefficient (Wildman–Crippen LogP) is 16.4. The molecule has 0 spiro atoms. The molecule has 13 rings (SSSR count). The number of rotatable bonds is 2. The van der Waals surface area contributed by atoms with Crippen molar-refractivity contribution in [1.82, 2.24) is 4.40 Å². The van der Waals surface area contributed by atoms with Gasteiger partial charge in [-0.05, 0) is 173 Å². The molecule has 66 heavy (non-hydrogen) atoms. The Balaban J connectivity index is 1.16. The molecule has 0 atom stereocenters. The minimum absolute atomic E-state index is 0.115. The Labute approximate surface area is 391 Å². The summed E-state index contributed by atoms with van der Waals surface area (Å²) in [4.78, 5) is 0. The van der Waals surface area contributed by atoms with Crippen LogP contribution in [0.25, 0.3) is 93.4 Å². The summed E-state index contributed by atoms with van der Waals surface area (Å²) in [5.74, 6) is 0. The van der Waals surface area contributed by atoms with Crippen molar-refractivity contribution in [1.29, 1.82) is 0 Å². The zero-order chi connectivity index (χ0) is 45.4. The Kier molecular flexibility index (Phi) is 8.09. The van der Waals surface area contributed by atoms with Crippen molar-refractivity contribution < 1.29 is 0 Å². The van der Waals surface area contributed by atoms with Crippen molar-refractivity contribution in [3.05, 3.63) is 166 Å². The molecule has 0 unspecified atom stereocenters. The van der Waals surface area contributed by atoms with E-state index in [0.717, 1.165) is 17.4 Å². The molecule has 2 heterocycles. The van der Waals surface area contributed by atoms with Crippen molar-refractivity contribution in [2.24, 2.45) is 0 Å². The molecule has 2 aromatic heterocycles. The van der Waals surface area contributed by atoms with Crippen molar-refractivity contribution in [2.45, 2.75) is 116 Å². The first-order chi connectivity index (χ1) is 31.5. The SMILES string of the molecule is [B]c1cccc2c3cc(-c4ccc5c(c4)C(C)(C)CCC5(C)C)cc4c5c6ccccc6c6c(c5n(c12)c34)Cc1ccccc1-c1cc(-c2ccc3c(c2)C(C)(C)CCC3(C)C)cc-6c1C. The van der Waals surface area contributed by atoms with E-state index in [1.54, 1.807) is 0 Å². The Morgan fingerprint density at radius 3 is 1.64 bits per heavy atom. The highest BCUT2D eigenvalue weighted by Gasteiger charge is 2.39. The molecule has 2 heteroatoms. The quantitative estimate of drug-likeness (QED) is 0.153. The summed E-state index contributed by atoms with van der Waals surface area (Å²) in [6.45, 7) is 21.8. The Bertz CT molecular complexity index is 3750. The maximum absolute atomic E-state index is 7.20. The molecule has 0 saturated heterocycles. The topological polar surface area (TPSA) is 4.41 Å². The van der Waals surface area contributed by atoms with E-state index in [2.05, 4.69) is 194 Å². The summed E-state index contributed by atoms with van der Waals surface area (Å²) >= 11 is 0. The highest BCUT2D eigenvalue weighted by atomic mass is 14.9. The van der Waals surface area contributed by atoms with E-state index >= 15 is 0 Å². The Morgan fingerprint density at radius 2 is 0.970 bits per heavy atom. The van der Waals surface area contributed by atoms with Crippen LogP contribution in [0.1, 0.15) is 120 Å². The molecular formula is C64H58BN. The smallest absolute Gasteiger partial charge is 0.116 e. The fraction of sp³-hybridized carbons (Fsp3) is 0.281. The third-order valence-corrected chi connectivity index (χ3v) is 17.4. The summed E-state index contributed by atoms with van der Waals surface area (Å²) < 4.78 is 2.58. The summed E-state index contributed by atoms with van der Waals surface area (Å²) in [5.41, 5.74) is 25.5. The molecule has 0 fully saturated rings. The van der Waals surface area contributed by atoms with Gasteiger partial charge in [0.05, 0.1) is 11.0 Å². The molecule has 8 aromatic carbocycles. The second-order valence-corrected chi connectivity index (χ2v) is 23.2. The van der Waals surface area contributed by atoms with Crippen molar-refractivity contribution in [2.75, 3.05) is 0 Å². The molecule has 0 N–H and O–H groups in total. The second-order valence-electron chi connectivity index (χ2n) is 23.2. The molecule has 0 aliphatic heterocycles. The molecule has 10 aromatic rings. The molecule has 3 aliphatic rings. The van der Waals surface area contributed by atoms with Crippen LogP contribution in [0.2, 0.25) is 0 Å². The van der Waals surface area contributed by atoms with Crippen LogP contribution in [0.3, 0.4) is 0 Å². The van der Waals surface area contributed by atoms with E-state index in [0.29, 0.717) is 0 Å². The van der Waals surface area contributed by atoms with Gasteiger partial charge in [0.2, 0.25) is 0 Å². The van der Waals surface area contributed by atoms with Gasteiger partial charge in [-0.15, -0.1) is 0 Å². The number of para-hydroxylation sites is 1. The lowest BCUT2D eigenvalue weighted by Crippen LogP contribution is -2.33. The molecule has 0 saturated carbocycles. The van der Waals surface area contributed by atoms with E-state index in [4.69, 9.17) is 7.85 Å². The van der Waals surface area contributed by atoms with Crippen molar-refractivity contribution >= 4 is 62.2 Å². The second kappa shape index (κ2) is 13.3. The summed E-state index contributed by atoms with van der Waals surface area (Å²) in [6, 6.07) is 49.8. The summed E-state index contributed by atoms with van der Waals surface area (Å²) in [7, 11) is 7.20. The lowest BCUT2D eigenvalue weighted by molar-refractivity contribution is 0.332. The minimum Gasteiger partial charge on any atom is -0.308 e. The van der Waals surface area contributed by atoms with Gasteiger partial charge in [0.15, 0.2) is 0 Å². The number of aromatic nitrogens is 1. The van der Waals surface area contributed by atoms with Crippen LogP contribution >= 0.6 is 0 Å². The lowest BCUT2D eigenvalue weighted by Gasteiger charge is -2.42. The molecule has 2 radical (unpaired) electrons. The van der Waals surface area contributed by atoms with Gasteiger partial charge in [-0.25, -0.2) is 0 Å². The number of nitrogens with zero attached hydrogens (tertiary/aromatic N) is 1. The zero-order valence-corrected chi connectivity index (χ0v) is 40.2. The summed E-state index contributed by atoms with van der Waals surface area (Å²) in [6.07, 6.45) is 5.61. The maximum Gasteiger partial charge on any atom is 0.116 e. The summed E-state index contributed by atoms with van der Waals surface area (Å²) in [5, 5.41) is 7.70. The van der Waals surface area contributed by atoms with Gasteiger partial charge in [-0.2, -0.15) is 0 Å². The zero-order valence-electron chi connectivity index (χ0n) is 40.2. The fourth-order valence-corrected chi connectivity index (χ4v) is 13.4. The third-order valence-electron chi connectivity index (χ3n) is 17.4. The number of benzene rings is 8. The minimum atomic E-state index is 0.115. The van der Waals surface area contributed by atoms with Crippen LogP contribution in [-0.2, 0) is 28.1 Å². The first-order valence-corrected chi connectivity index (χ1v) is 24.5. The number of hydrogen-bond acceptors (Lipinski definition) is 0. The van der Waals surface area contributed by atoms with E-state index in [1.807, 2.05) is 0 Å². The molecule has 2 bridgehead atoms. The van der Waals surface area contributed by atoms with Gasteiger partial charge in [0, 0.05) is 33.5 Å². The highest BCUT2D eigenvalue weighted by molar-refractivity contribution is 6.42. The van der Waals surface area contributed by atoms with Gasteiger partial charge in [-0.1, -0.05) is 164 Å². The van der Waals surface area contributed by atoms with Crippen LogP contribution in [0.4, 0.5) is 0 Å². The monoisotopic (exact) mass is 851 g/mol. The van der Waals surface area contributed by atoms with Gasteiger partial charge in [-0.3, -0.25) is 0 Å². The van der Waals surface area contributed by atoms with Crippen LogP contribution in [0, 0.1) is 6.92 Å². The largest absolute Gasteiger partial charge is 0.308 e. The van der Waals surface area contributed by atoms with Crippen LogP contribution in [-0.4, -0.2) is 12.2 Å². The van der Waals surface area contributed by atoms with E-state index in [9.17, 15) is 0 Å².